The van der Waals surface area contributed by atoms with Crippen molar-refractivity contribution in [1.82, 2.24) is 0 Å². The first-order chi connectivity index (χ1) is 14.4. The number of rotatable bonds is 9. The normalized spacial score (nSPS) is 20.4. The van der Waals surface area contributed by atoms with Gasteiger partial charge in [-0.1, -0.05) is 6.07 Å². The maximum atomic E-state index is 12.3. The van der Waals surface area contributed by atoms with Gasteiger partial charge in [0.2, 0.25) is 12.2 Å². The topological polar surface area (TPSA) is 157 Å². The minimum Gasteiger partial charge on any atom is -0.463 e. The monoisotopic (exact) mass is 430 g/mol. The number of halogens is 1. The number of benzene rings is 1. The van der Waals surface area contributed by atoms with Crippen LogP contribution in [0.5, 0.6) is 5.75 Å². The van der Waals surface area contributed by atoms with Crippen LogP contribution in [0.25, 0.3) is 0 Å². The summed E-state index contributed by atoms with van der Waals surface area (Å²) in [6, 6.07) is 4.47. The number of nitrogens with two attached hydrogens (primary N) is 1. The van der Waals surface area contributed by atoms with Gasteiger partial charge < -0.3 is 40.3 Å². The molecule has 2 rings (SSSR count). The molecule has 0 bridgehead atoms. The van der Waals surface area contributed by atoms with E-state index in [1.807, 2.05) is 0 Å². The highest BCUT2D eigenvalue weighted by Gasteiger charge is 2.30. The molecule has 1 saturated heterocycles. The number of carbonyl (C=O) groups excluding carboxylic acids is 3. The largest absolute Gasteiger partial charge is 0.495 e. The van der Waals surface area contributed by atoms with Crippen LogP contribution in [0.2, 0.25) is 0 Å². The zero-order chi connectivity index (χ0) is 22.5. The van der Waals surface area contributed by atoms with Crippen molar-refractivity contribution in [2.24, 2.45) is 5.73 Å². The van der Waals surface area contributed by atoms with Crippen LogP contribution >= 0.6 is 0 Å². The average molecular weight is 430 g/mol. The molecule has 0 radical (unpaired) electrons. The molecule has 0 aromatic heterocycles. The van der Waals surface area contributed by atoms with Crippen molar-refractivity contribution in [3.63, 3.8) is 0 Å². The van der Waals surface area contributed by atoms with Crippen molar-refractivity contribution in [2.45, 2.75) is 50.8 Å². The first-order valence-electron chi connectivity index (χ1n) is 9.26. The first-order valence-corrected chi connectivity index (χ1v) is 9.26. The number of hydrogen-bond acceptors (Lipinski definition) is 9. The Morgan fingerprint density at radius 1 is 1.37 bits per heavy atom. The summed E-state index contributed by atoms with van der Waals surface area (Å²) >= 11 is 0. The van der Waals surface area contributed by atoms with Crippen molar-refractivity contribution in [3.8, 4) is 5.75 Å². The Kier molecular flexibility index (Phi) is 11.5. The number of aliphatic hydroxyl groups excluding tert-OH is 2. The van der Waals surface area contributed by atoms with Gasteiger partial charge in [0, 0.05) is 26.4 Å². The van der Waals surface area contributed by atoms with E-state index in [-0.39, 0.29) is 43.2 Å². The number of ether oxygens (including phenoxy) is 3. The van der Waals surface area contributed by atoms with Gasteiger partial charge in [-0.2, -0.15) is 0 Å². The highest BCUT2D eigenvalue weighted by Crippen LogP contribution is 2.30. The Hall–Kier alpha value is -2.60. The second-order valence-corrected chi connectivity index (χ2v) is 6.28. The van der Waals surface area contributed by atoms with E-state index in [1.165, 1.54) is 18.2 Å². The van der Waals surface area contributed by atoms with E-state index in [0.717, 1.165) is 7.11 Å². The van der Waals surface area contributed by atoms with Crippen molar-refractivity contribution >= 4 is 24.1 Å². The molecule has 1 amide bonds. The fraction of sp³-hybridized carbons (Fsp3) is 0.526. The van der Waals surface area contributed by atoms with Crippen LogP contribution in [-0.4, -0.2) is 60.8 Å². The molecule has 0 saturated carbocycles. The van der Waals surface area contributed by atoms with Gasteiger partial charge in [-0.15, -0.1) is 4.39 Å². The predicted molar refractivity (Wildman–Crippen MR) is 103 cm³/mol. The summed E-state index contributed by atoms with van der Waals surface area (Å²) in [5.74, 6) is -0.0922. The quantitative estimate of drug-likeness (QED) is 0.332. The molecular formula is C19H27FN2O8. The number of aliphatic hydroxyl groups is 2. The van der Waals surface area contributed by atoms with Crippen molar-refractivity contribution in [1.29, 1.82) is 0 Å². The molecule has 30 heavy (non-hydrogen) atoms. The fourth-order valence-electron chi connectivity index (χ4n) is 2.68. The Bertz CT molecular complexity index is 703. The molecule has 1 aliphatic heterocycles. The van der Waals surface area contributed by atoms with E-state index >= 15 is 0 Å². The summed E-state index contributed by atoms with van der Waals surface area (Å²) < 4.78 is 27.8. The fourth-order valence-corrected chi connectivity index (χ4v) is 2.68. The molecule has 3 atom stereocenters. The van der Waals surface area contributed by atoms with E-state index < -0.39 is 24.7 Å². The second-order valence-electron chi connectivity index (χ2n) is 6.28. The van der Waals surface area contributed by atoms with Crippen molar-refractivity contribution in [3.05, 3.63) is 23.8 Å². The lowest BCUT2D eigenvalue weighted by Crippen LogP contribution is -2.39. The number of hydrogen-bond donors (Lipinski definition) is 4. The van der Waals surface area contributed by atoms with Gasteiger partial charge in [0.05, 0.1) is 11.8 Å². The SMILES string of the molecule is CO.NCCCC(=O)Nc1cc(COC(=O)F)ccc1OC1CC(O)CC(C=O)O1. The second kappa shape index (κ2) is 13.6. The van der Waals surface area contributed by atoms with Gasteiger partial charge >= 0.3 is 6.22 Å². The van der Waals surface area contributed by atoms with Gasteiger partial charge in [-0.3, -0.25) is 4.79 Å². The number of anilines is 1. The number of carbonyl (C=O) groups is 3. The van der Waals surface area contributed by atoms with Gasteiger partial charge in [-0.05, 0) is 30.7 Å². The molecule has 5 N–H and O–H groups in total. The van der Waals surface area contributed by atoms with Crippen LogP contribution in [0.3, 0.4) is 0 Å². The maximum Gasteiger partial charge on any atom is 0.495 e. The third kappa shape index (κ3) is 8.82. The molecule has 1 aliphatic rings. The van der Waals surface area contributed by atoms with Crippen LogP contribution in [0.4, 0.5) is 14.9 Å². The van der Waals surface area contributed by atoms with E-state index in [0.29, 0.717) is 24.8 Å². The summed E-state index contributed by atoms with van der Waals surface area (Å²) in [5.41, 5.74) is 6.07. The summed E-state index contributed by atoms with van der Waals surface area (Å²) in [4.78, 5) is 33.4. The molecule has 3 unspecified atom stereocenters. The third-order valence-corrected chi connectivity index (χ3v) is 3.98. The van der Waals surface area contributed by atoms with Crippen molar-refractivity contribution < 1.29 is 43.2 Å². The molecule has 0 aliphatic carbocycles. The van der Waals surface area contributed by atoms with Crippen LogP contribution in [0.15, 0.2) is 18.2 Å². The van der Waals surface area contributed by atoms with Gasteiger partial charge in [0.1, 0.15) is 24.7 Å². The van der Waals surface area contributed by atoms with Gasteiger partial charge in [-0.25, -0.2) is 4.79 Å². The highest BCUT2D eigenvalue weighted by atomic mass is 19.1. The van der Waals surface area contributed by atoms with E-state index in [1.54, 1.807) is 0 Å². The molecule has 0 spiro atoms. The third-order valence-electron chi connectivity index (χ3n) is 3.98. The average Bonchev–Trinajstić information content (AvgIpc) is 2.73. The molecule has 11 heteroatoms. The first kappa shape index (κ1) is 25.4. The smallest absolute Gasteiger partial charge is 0.463 e. The maximum absolute atomic E-state index is 12.3. The van der Waals surface area contributed by atoms with E-state index in [9.17, 15) is 23.9 Å². The number of nitrogens with one attached hydrogen (secondary N) is 1. The number of amides is 1. The lowest BCUT2D eigenvalue weighted by atomic mass is 10.1. The summed E-state index contributed by atoms with van der Waals surface area (Å²) in [7, 11) is 1.00. The Balaban J connectivity index is 0.00000218. The Morgan fingerprint density at radius 2 is 2.10 bits per heavy atom. The zero-order valence-corrected chi connectivity index (χ0v) is 16.6. The van der Waals surface area contributed by atoms with E-state index in [2.05, 4.69) is 10.1 Å². The lowest BCUT2D eigenvalue weighted by Gasteiger charge is -2.31. The standard InChI is InChI=1S/C18H23FN2O7.CH4O/c19-18(25)26-10-11-3-4-15(14(6-11)21-16(24)2-1-5-20)28-17-8-12(23)7-13(9-22)27-17;1-2/h3-4,6,9,12-13,17,23H,1-2,5,7-8,10,20H2,(H,21,24);2H,1H3. The summed E-state index contributed by atoms with van der Waals surface area (Å²) in [6.45, 7) is 0.0251. The van der Waals surface area contributed by atoms with Gasteiger partial charge in [0.15, 0.2) is 0 Å². The van der Waals surface area contributed by atoms with Gasteiger partial charge in [0.25, 0.3) is 0 Å². The Labute approximate surface area is 173 Å². The highest BCUT2D eigenvalue weighted by molar-refractivity contribution is 5.92. The minimum atomic E-state index is -1.92. The minimum absolute atomic E-state index is 0.145. The molecule has 168 valence electrons. The van der Waals surface area contributed by atoms with Crippen molar-refractivity contribution in [2.75, 3.05) is 19.0 Å². The molecule has 1 fully saturated rings. The predicted octanol–water partition coefficient (Wildman–Crippen LogP) is 1.02. The molecule has 1 heterocycles. The van der Waals surface area contributed by atoms with Crippen LogP contribution < -0.4 is 15.8 Å². The Morgan fingerprint density at radius 3 is 2.73 bits per heavy atom. The summed E-state index contributed by atoms with van der Waals surface area (Å²) in [6.07, 6.45) is -2.79. The molecule has 10 nitrogen and oxygen atoms in total. The van der Waals surface area contributed by atoms with Crippen LogP contribution in [0, 0.1) is 0 Å². The van der Waals surface area contributed by atoms with Crippen LogP contribution in [0.1, 0.15) is 31.2 Å². The summed E-state index contributed by atoms with van der Waals surface area (Å²) in [5, 5.41) is 19.5. The molecule has 1 aromatic carbocycles. The molecular weight excluding hydrogens is 403 g/mol. The zero-order valence-electron chi connectivity index (χ0n) is 16.6. The van der Waals surface area contributed by atoms with Crippen LogP contribution in [-0.2, 0) is 25.7 Å². The number of aldehydes is 1. The lowest BCUT2D eigenvalue weighted by molar-refractivity contribution is -0.175. The van der Waals surface area contributed by atoms with E-state index in [4.69, 9.17) is 20.3 Å². The molecule has 1 aromatic rings.